The van der Waals surface area contributed by atoms with Gasteiger partial charge in [0.1, 0.15) is 5.60 Å². The molecule has 1 N–H and O–H groups in total. The molecule has 1 heterocycles. The molecular weight excluding hydrogens is 340 g/mol. The molecule has 0 aliphatic carbocycles. The third kappa shape index (κ3) is 6.01. The molecule has 6 nitrogen and oxygen atoms in total. The van der Waals surface area contributed by atoms with E-state index in [1.54, 1.807) is 4.90 Å². The van der Waals surface area contributed by atoms with Gasteiger partial charge in [0.15, 0.2) is 0 Å². The summed E-state index contributed by atoms with van der Waals surface area (Å²) in [5, 5.41) is 0. The van der Waals surface area contributed by atoms with E-state index < -0.39 is 15.6 Å². The van der Waals surface area contributed by atoms with E-state index in [2.05, 4.69) is 4.72 Å². The average molecular weight is 368 g/mol. The molecule has 1 aliphatic heterocycles. The molecule has 1 atom stereocenters. The second-order valence-electron chi connectivity index (χ2n) is 7.50. The zero-order chi connectivity index (χ0) is 18.7. The Hall–Kier alpha value is -1.60. The lowest BCUT2D eigenvalue weighted by atomic mass is 10.1. The number of aryl methyl sites for hydroxylation is 1. The van der Waals surface area contributed by atoms with Crippen molar-refractivity contribution in [3.63, 3.8) is 0 Å². The van der Waals surface area contributed by atoms with Gasteiger partial charge in [-0.2, -0.15) is 0 Å². The first-order valence-corrected chi connectivity index (χ1v) is 10.2. The number of likely N-dealkylation sites (tertiary alicyclic amines) is 1. The van der Waals surface area contributed by atoms with Gasteiger partial charge in [0.05, 0.1) is 5.75 Å². The maximum Gasteiger partial charge on any atom is 0.410 e. The molecule has 1 unspecified atom stereocenters. The number of hydrogen-bond acceptors (Lipinski definition) is 4. The molecule has 7 heteroatoms. The summed E-state index contributed by atoms with van der Waals surface area (Å²) in [5.74, 6) is -0.0567. The van der Waals surface area contributed by atoms with E-state index in [0.29, 0.717) is 6.54 Å². The van der Waals surface area contributed by atoms with Crippen molar-refractivity contribution in [2.45, 2.75) is 57.9 Å². The van der Waals surface area contributed by atoms with Gasteiger partial charge in [0.25, 0.3) is 0 Å². The van der Waals surface area contributed by atoms with Crippen molar-refractivity contribution >= 4 is 16.1 Å². The number of benzene rings is 1. The molecule has 25 heavy (non-hydrogen) atoms. The topological polar surface area (TPSA) is 75.7 Å². The first-order chi connectivity index (χ1) is 11.6. The number of nitrogens with one attached hydrogen (secondary N) is 1. The number of amides is 1. The second-order valence-corrected chi connectivity index (χ2v) is 9.31. The summed E-state index contributed by atoms with van der Waals surface area (Å²) in [6.45, 7) is 8.17. The first-order valence-electron chi connectivity index (χ1n) is 8.59. The van der Waals surface area contributed by atoms with Crippen LogP contribution < -0.4 is 4.72 Å². The summed E-state index contributed by atoms with van der Waals surface area (Å²) in [6.07, 6.45) is 1.24. The van der Waals surface area contributed by atoms with Crippen LogP contribution in [0.4, 0.5) is 4.79 Å². The Morgan fingerprint density at radius 3 is 2.64 bits per heavy atom. The van der Waals surface area contributed by atoms with Crippen LogP contribution in [0, 0.1) is 6.92 Å². The minimum Gasteiger partial charge on any atom is -0.444 e. The van der Waals surface area contributed by atoms with E-state index in [-0.39, 0.29) is 24.4 Å². The smallest absolute Gasteiger partial charge is 0.410 e. The van der Waals surface area contributed by atoms with Gasteiger partial charge in [0.2, 0.25) is 10.0 Å². The van der Waals surface area contributed by atoms with E-state index >= 15 is 0 Å². The number of ether oxygens (including phenoxy) is 1. The van der Waals surface area contributed by atoms with Gasteiger partial charge in [-0.25, -0.2) is 17.9 Å². The number of carbonyl (C=O) groups excluding carboxylic acids is 1. The van der Waals surface area contributed by atoms with Gasteiger partial charge < -0.3 is 9.64 Å². The molecule has 1 fully saturated rings. The Balaban J connectivity index is 1.95. The quantitative estimate of drug-likeness (QED) is 0.867. The summed E-state index contributed by atoms with van der Waals surface area (Å²) >= 11 is 0. The van der Waals surface area contributed by atoms with Gasteiger partial charge in [-0.3, -0.25) is 0 Å². The Kier molecular flexibility index (Phi) is 6.11. The van der Waals surface area contributed by atoms with E-state index in [4.69, 9.17) is 4.74 Å². The van der Waals surface area contributed by atoms with Crippen molar-refractivity contribution in [3.8, 4) is 0 Å². The minimum atomic E-state index is -3.46. The van der Waals surface area contributed by atoms with Crippen LogP contribution in [0.3, 0.4) is 0 Å². The van der Waals surface area contributed by atoms with Gasteiger partial charge in [0, 0.05) is 19.1 Å². The highest BCUT2D eigenvalue weighted by Gasteiger charge is 2.32. The van der Waals surface area contributed by atoms with Crippen LogP contribution in [-0.2, 0) is 20.5 Å². The third-order valence-electron chi connectivity index (χ3n) is 4.15. The van der Waals surface area contributed by atoms with Crippen LogP contribution in [0.25, 0.3) is 0 Å². The number of sulfonamides is 1. The monoisotopic (exact) mass is 368 g/mol. The van der Waals surface area contributed by atoms with Gasteiger partial charge in [-0.15, -0.1) is 0 Å². The Bertz CT molecular complexity index is 710. The maximum atomic E-state index is 12.4. The molecule has 140 valence electrons. The highest BCUT2D eigenvalue weighted by atomic mass is 32.2. The lowest BCUT2D eigenvalue weighted by Crippen LogP contribution is -2.45. The fourth-order valence-electron chi connectivity index (χ4n) is 2.86. The molecule has 0 bridgehead atoms. The van der Waals surface area contributed by atoms with E-state index in [0.717, 1.165) is 24.0 Å². The zero-order valence-corrected chi connectivity index (χ0v) is 16.2. The standard InChI is InChI=1S/C18H28N2O4S/c1-14-8-5-6-9-15(14)13-25(22,23)19-12-16-10-7-11-20(16)17(21)24-18(2,3)4/h5-6,8-9,16,19H,7,10-13H2,1-4H3. The fourth-order valence-corrected chi connectivity index (χ4v) is 4.14. The molecule has 0 aromatic heterocycles. The molecule has 2 rings (SSSR count). The van der Waals surface area contributed by atoms with Crippen LogP contribution in [-0.4, -0.2) is 44.1 Å². The van der Waals surface area contributed by atoms with Gasteiger partial charge in [-0.1, -0.05) is 24.3 Å². The summed E-state index contributed by atoms with van der Waals surface area (Å²) in [6, 6.07) is 7.26. The Morgan fingerprint density at radius 2 is 2.00 bits per heavy atom. The third-order valence-corrected chi connectivity index (χ3v) is 5.45. The van der Waals surface area contributed by atoms with Gasteiger partial charge >= 0.3 is 6.09 Å². The molecule has 1 saturated heterocycles. The van der Waals surface area contributed by atoms with Crippen molar-refractivity contribution < 1.29 is 17.9 Å². The second kappa shape index (κ2) is 7.74. The van der Waals surface area contributed by atoms with Crippen molar-refractivity contribution in [1.29, 1.82) is 0 Å². The largest absolute Gasteiger partial charge is 0.444 e. The minimum absolute atomic E-state index is 0.0567. The number of hydrogen-bond donors (Lipinski definition) is 1. The van der Waals surface area contributed by atoms with E-state index in [1.165, 1.54) is 0 Å². The Labute approximate surface area is 150 Å². The van der Waals surface area contributed by atoms with Crippen LogP contribution in [0.1, 0.15) is 44.7 Å². The predicted octanol–water partition coefficient (Wildman–Crippen LogP) is 2.81. The molecule has 0 radical (unpaired) electrons. The first kappa shape index (κ1) is 19.7. The molecule has 1 aliphatic rings. The molecular formula is C18H28N2O4S. The SMILES string of the molecule is Cc1ccccc1CS(=O)(=O)NCC1CCCN1C(=O)OC(C)(C)C. The Morgan fingerprint density at radius 1 is 1.32 bits per heavy atom. The highest BCUT2D eigenvalue weighted by Crippen LogP contribution is 2.21. The number of nitrogens with zero attached hydrogens (tertiary/aromatic N) is 1. The summed E-state index contributed by atoms with van der Waals surface area (Å²) < 4.78 is 32.8. The maximum absolute atomic E-state index is 12.4. The number of rotatable bonds is 5. The normalized spacial score (nSPS) is 18.4. The number of carbonyl (C=O) groups is 1. The summed E-state index contributed by atoms with van der Waals surface area (Å²) in [7, 11) is -3.46. The van der Waals surface area contributed by atoms with Crippen molar-refractivity contribution in [1.82, 2.24) is 9.62 Å². The molecule has 1 aromatic rings. The van der Waals surface area contributed by atoms with Crippen molar-refractivity contribution in [3.05, 3.63) is 35.4 Å². The summed E-state index contributed by atoms with van der Waals surface area (Å²) in [4.78, 5) is 13.9. The zero-order valence-electron chi connectivity index (χ0n) is 15.4. The molecule has 1 amide bonds. The molecule has 1 aromatic carbocycles. The van der Waals surface area contributed by atoms with Crippen LogP contribution in [0.5, 0.6) is 0 Å². The van der Waals surface area contributed by atoms with Crippen LogP contribution >= 0.6 is 0 Å². The van der Waals surface area contributed by atoms with E-state index in [9.17, 15) is 13.2 Å². The van der Waals surface area contributed by atoms with Gasteiger partial charge in [-0.05, 0) is 51.7 Å². The highest BCUT2D eigenvalue weighted by molar-refractivity contribution is 7.88. The lowest BCUT2D eigenvalue weighted by Gasteiger charge is -2.28. The van der Waals surface area contributed by atoms with E-state index in [1.807, 2.05) is 52.0 Å². The van der Waals surface area contributed by atoms with Crippen LogP contribution in [0.2, 0.25) is 0 Å². The fraction of sp³-hybridized carbons (Fsp3) is 0.611. The van der Waals surface area contributed by atoms with Crippen LogP contribution in [0.15, 0.2) is 24.3 Å². The van der Waals surface area contributed by atoms with Crippen molar-refractivity contribution in [2.75, 3.05) is 13.1 Å². The molecule has 0 spiro atoms. The van der Waals surface area contributed by atoms with Crippen molar-refractivity contribution in [2.24, 2.45) is 0 Å². The summed E-state index contributed by atoms with van der Waals surface area (Å²) in [5.41, 5.74) is 1.17. The molecule has 0 saturated carbocycles. The average Bonchev–Trinajstić information content (AvgIpc) is 2.94. The predicted molar refractivity (Wildman–Crippen MR) is 97.8 cm³/mol. The lowest BCUT2D eigenvalue weighted by molar-refractivity contribution is 0.0229.